The summed E-state index contributed by atoms with van der Waals surface area (Å²) in [6.45, 7) is 3.15. The number of carbonyl (C=O) groups excluding carboxylic acids is 1. The molecule has 0 aromatic heterocycles. The second-order valence-corrected chi connectivity index (χ2v) is 2.58. The number of carboxylic acids is 1. The Labute approximate surface area is 70.9 Å². The number of nitrogens with one attached hydrogen (secondary N) is 1. The van der Waals surface area contributed by atoms with E-state index < -0.39 is 24.0 Å². The summed E-state index contributed by atoms with van der Waals surface area (Å²) in [5.74, 6) is -1.49. The maximum absolute atomic E-state index is 11.0. The molecule has 0 saturated carbocycles. The standard InChI is InChI=1S/C7H14N2O3/c1-3-5(8)6(10)9-4(2)7(11)12/h4-5H,3,8H2,1-2H3,(H,9,10)(H,11,12). The van der Waals surface area contributed by atoms with Gasteiger partial charge in [-0.25, -0.2) is 0 Å². The molecule has 0 fully saturated rings. The number of rotatable bonds is 4. The van der Waals surface area contributed by atoms with Crippen LogP contribution in [0.2, 0.25) is 0 Å². The number of amides is 1. The molecule has 0 radical (unpaired) electrons. The average molecular weight is 174 g/mol. The normalized spacial score (nSPS) is 14.9. The van der Waals surface area contributed by atoms with Crippen molar-refractivity contribution in [2.75, 3.05) is 0 Å². The second-order valence-electron chi connectivity index (χ2n) is 2.58. The minimum absolute atomic E-state index is 0.424. The Bertz CT molecular complexity index is 181. The van der Waals surface area contributed by atoms with Gasteiger partial charge in [0.15, 0.2) is 0 Å². The van der Waals surface area contributed by atoms with E-state index in [1.54, 1.807) is 6.92 Å². The molecule has 2 atom stereocenters. The third-order valence-corrected chi connectivity index (χ3v) is 1.51. The fraction of sp³-hybridized carbons (Fsp3) is 0.714. The highest BCUT2D eigenvalue weighted by atomic mass is 16.4. The lowest BCUT2D eigenvalue weighted by molar-refractivity contribution is -0.141. The van der Waals surface area contributed by atoms with Crippen molar-refractivity contribution in [2.45, 2.75) is 32.4 Å². The van der Waals surface area contributed by atoms with Crippen LogP contribution in [0.4, 0.5) is 0 Å². The Kier molecular flexibility index (Phi) is 4.28. The zero-order chi connectivity index (χ0) is 9.72. The zero-order valence-corrected chi connectivity index (χ0v) is 7.20. The molecule has 0 heterocycles. The molecule has 0 aromatic rings. The van der Waals surface area contributed by atoms with E-state index in [9.17, 15) is 9.59 Å². The van der Waals surface area contributed by atoms with Crippen LogP contribution >= 0.6 is 0 Å². The molecule has 0 aliphatic heterocycles. The van der Waals surface area contributed by atoms with Gasteiger partial charge in [0.05, 0.1) is 6.04 Å². The molecular weight excluding hydrogens is 160 g/mol. The first kappa shape index (κ1) is 10.9. The molecule has 0 rings (SSSR count). The maximum Gasteiger partial charge on any atom is 0.325 e. The number of carbonyl (C=O) groups is 2. The Morgan fingerprint density at radius 1 is 1.58 bits per heavy atom. The highest BCUT2D eigenvalue weighted by molar-refractivity contribution is 5.86. The van der Waals surface area contributed by atoms with Crippen molar-refractivity contribution < 1.29 is 14.7 Å². The molecule has 5 nitrogen and oxygen atoms in total. The summed E-state index contributed by atoms with van der Waals surface area (Å²) in [6.07, 6.45) is 0.498. The molecule has 0 aromatic carbocycles. The molecule has 5 heteroatoms. The van der Waals surface area contributed by atoms with Crippen LogP contribution in [0, 0.1) is 0 Å². The van der Waals surface area contributed by atoms with E-state index in [1.165, 1.54) is 6.92 Å². The van der Waals surface area contributed by atoms with Crippen molar-refractivity contribution in [3.8, 4) is 0 Å². The van der Waals surface area contributed by atoms with E-state index in [2.05, 4.69) is 5.32 Å². The van der Waals surface area contributed by atoms with E-state index in [0.29, 0.717) is 6.42 Å². The van der Waals surface area contributed by atoms with Gasteiger partial charge in [-0.1, -0.05) is 6.92 Å². The monoisotopic (exact) mass is 174 g/mol. The number of hydrogen-bond acceptors (Lipinski definition) is 3. The lowest BCUT2D eigenvalue weighted by atomic mass is 10.2. The summed E-state index contributed by atoms with van der Waals surface area (Å²) < 4.78 is 0. The summed E-state index contributed by atoms with van der Waals surface area (Å²) in [4.78, 5) is 21.3. The summed E-state index contributed by atoms with van der Waals surface area (Å²) in [6, 6.07) is -1.50. The highest BCUT2D eigenvalue weighted by Crippen LogP contribution is 1.88. The van der Waals surface area contributed by atoms with Crippen molar-refractivity contribution in [3.05, 3.63) is 0 Å². The molecule has 70 valence electrons. The molecule has 4 N–H and O–H groups in total. The van der Waals surface area contributed by atoms with Gasteiger partial charge in [0.25, 0.3) is 0 Å². The predicted octanol–water partition coefficient (Wildman–Crippen LogP) is -0.687. The number of aliphatic carboxylic acids is 1. The summed E-state index contributed by atoms with van der Waals surface area (Å²) in [7, 11) is 0. The van der Waals surface area contributed by atoms with Crippen LogP contribution in [0.3, 0.4) is 0 Å². The molecule has 0 bridgehead atoms. The SMILES string of the molecule is CCC(N)C(=O)NC(C)C(=O)O. The predicted molar refractivity (Wildman–Crippen MR) is 43.5 cm³/mol. The second kappa shape index (κ2) is 4.71. The fourth-order valence-corrected chi connectivity index (χ4v) is 0.568. The van der Waals surface area contributed by atoms with Crippen LogP contribution < -0.4 is 11.1 Å². The molecular formula is C7H14N2O3. The smallest absolute Gasteiger partial charge is 0.325 e. The van der Waals surface area contributed by atoms with Crippen LogP contribution in [0.25, 0.3) is 0 Å². The van der Waals surface area contributed by atoms with Gasteiger partial charge < -0.3 is 16.2 Å². The van der Waals surface area contributed by atoms with Crippen molar-refractivity contribution in [2.24, 2.45) is 5.73 Å². The van der Waals surface area contributed by atoms with E-state index >= 15 is 0 Å². The summed E-state index contributed by atoms with van der Waals surface area (Å²) in [5, 5.41) is 10.7. The van der Waals surface area contributed by atoms with E-state index in [-0.39, 0.29) is 0 Å². The van der Waals surface area contributed by atoms with Gasteiger partial charge >= 0.3 is 5.97 Å². The molecule has 0 saturated heterocycles. The first-order chi connectivity index (χ1) is 5.49. The van der Waals surface area contributed by atoms with Gasteiger partial charge in [0.2, 0.25) is 5.91 Å². The van der Waals surface area contributed by atoms with E-state index in [1.807, 2.05) is 0 Å². The molecule has 1 amide bonds. The van der Waals surface area contributed by atoms with E-state index in [4.69, 9.17) is 10.8 Å². The molecule has 0 aliphatic rings. The maximum atomic E-state index is 11.0. The zero-order valence-electron chi connectivity index (χ0n) is 7.20. The molecule has 12 heavy (non-hydrogen) atoms. The fourth-order valence-electron chi connectivity index (χ4n) is 0.568. The third kappa shape index (κ3) is 3.34. The number of nitrogens with two attached hydrogens (primary N) is 1. The molecule has 2 unspecified atom stereocenters. The van der Waals surface area contributed by atoms with Crippen LogP contribution in [-0.4, -0.2) is 29.1 Å². The Balaban J connectivity index is 3.92. The largest absolute Gasteiger partial charge is 0.480 e. The van der Waals surface area contributed by atoms with Crippen LogP contribution in [0.15, 0.2) is 0 Å². The van der Waals surface area contributed by atoms with Gasteiger partial charge in [-0.2, -0.15) is 0 Å². The third-order valence-electron chi connectivity index (χ3n) is 1.51. The number of hydrogen-bond donors (Lipinski definition) is 3. The van der Waals surface area contributed by atoms with Gasteiger partial charge in [-0.05, 0) is 13.3 Å². The Morgan fingerprint density at radius 3 is 2.42 bits per heavy atom. The van der Waals surface area contributed by atoms with Gasteiger partial charge in [0, 0.05) is 0 Å². The van der Waals surface area contributed by atoms with Crippen molar-refractivity contribution in [1.82, 2.24) is 5.32 Å². The number of carboxylic acid groups (broad SMARTS) is 1. The van der Waals surface area contributed by atoms with E-state index in [0.717, 1.165) is 0 Å². The summed E-state index contributed by atoms with van der Waals surface area (Å²) in [5.41, 5.74) is 5.36. The lowest BCUT2D eigenvalue weighted by Gasteiger charge is -2.12. The quantitative estimate of drug-likeness (QED) is 0.526. The average Bonchev–Trinajstić information content (AvgIpc) is 2.02. The highest BCUT2D eigenvalue weighted by Gasteiger charge is 2.17. The Hall–Kier alpha value is -1.10. The minimum atomic E-state index is -1.06. The summed E-state index contributed by atoms with van der Waals surface area (Å²) >= 11 is 0. The van der Waals surface area contributed by atoms with Gasteiger partial charge in [0.1, 0.15) is 6.04 Å². The first-order valence-electron chi connectivity index (χ1n) is 3.77. The molecule has 0 spiro atoms. The topological polar surface area (TPSA) is 92.4 Å². The van der Waals surface area contributed by atoms with Crippen LogP contribution in [0.1, 0.15) is 20.3 Å². The van der Waals surface area contributed by atoms with Crippen molar-refractivity contribution in [3.63, 3.8) is 0 Å². The van der Waals surface area contributed by atoms with Crippen LogP contribution in [-0.2, 0) is 9.59 Å². The van der Waals surface area contributed by atoms with Crippen molar-refractivity contribution in [1.29, 1.82) is 0 Å². The molecule has 0 aliphatic carbocycles. The Morgan fingerprint density at radius 2 is 2.08 bits per heavy atom. The van der Waals surface area contributed by atoms with Gasteiger partial charge in [-0.15, -0.1) is 0 Å². The lowest BCUT2D eigenvalue weighted by Crippen LogP contribution is -2.46. The van der Waals surface area contributed by atoms with Gasteiger partial charge in [-0.3, -0.25) is 9.59 Å². The van der Waals surface area contributed by atoms with Crippen molar-refractivity contribution >= 4 is 11.9 Å². The minimum Gasteiger partial charge on any atom is -0.480 e. The van der Waals surface area contributed by atoms with Crippen LogP contribution in [0.5, 0.6) is 0 Å². The first-order valence-corrected chi connectivity index (χ1v) is 3.77.